The minimum atomic E-state index is -5.82. The maximum atomic E-state index is 12.3. The summed E-state index contributed by atoms with van der Waals surface area (Å²) in [5.74, 6) is 3.00. The number of oxazole rings is 1. The maximum Gasteiger partial charge on any atom is 0.534 e. The summed E-state index contributed by atoms with van der Waals surface area (Å²) in [5.41, 5.74) is -4.57. The lowest BCUT2D eigenvalue weighted by Crippen LogP contribution is -2.28. The van der Waals surface area contributed by atoms with Crippen molar-refractivity contribution < 1.29 is 49.1 Å². The Bertz CT molecular complexity index is 1830. The van der Waals surface area contributed by atoms with Crippen molar-refractivity contribution in [1.29, 1.82) is 5.26 Å². The lowest BCUT2D eigenvalue weighted by Gasteiger charge is -2.07. The molecule has 0 aliphatic heterocycles. The van der Waals surface area contributed by atoms with E-state index in [0.29, 0.717) is 40.4 Å². The number of hydrogen-bond acceptors (Lipinski definition) is 10. The molecule has 0 N–H and O–H groups in total. The van der Waals surface area contributed by atoms with Gasteiger partial charge in [-0.05, 0) is 97.1 Å². The van der Waals surface area contributed by atoms with Crippen molar-refractivity contribution in [2.45, 2.75) is 5.51 Å². The molecule has 0 atom stereocenters. The van der Waals surface area contributed by atoms with Gasteiger partial charge in [0.1, 0.15) is 34.5 Å². The number of benzene rings is 4. The Morgan fingerprint density at radius 2 is 1.09 bits per heavy atom. The summed E-state index contributed by atoms with van der Waals surface area (Å²) in [6, 6.07) is 29.5. The molecule has 4 aromatic carbocycles. The molecule has 1 heterocycles. The summed E-state index contributed by atoms with van der Waals surface area (Å²) in [5, 5.41) is 8.67. The first-order valence-corrected chi connectivity index (χ1v) is 14.1. The average molecular weight is 641 g/mol. The van der Waals surface area contributed by atoms with Crippen LogP contribution in [0.5, 0.6) is 40.4 Å². The van der Waals surface area contributed by atoms with Crippen molar-refractivity contribution in [1.82, 2.24) is 4.98 Å². The van der Waals surface area contributed by atoms with Crippen LogP contribution < -0.4 is 23.1 Å². The van der Waals surface area contributed by atoms with Crippen LogP contribution in [0.2, 0.25) is 0 Å². The van der Waals surface area contributed by atoms with Gasteiger partial charge in [-0.1, -0.05) is 0 Å². The van der Waals surface area contributed by atoms with Gasteiger partial charge in [-0.15, -0.1) is 0 Å². The van der Waals surface area contributed by atoms with Crippen molar-refractivity contribution in [3.63, 3.8) is 0 Å². The van der Waals surface area contributed by atoms with Crippen LogP contribution in [-0.2, 0) is 10.1 Å². The van der Waals surface area contributed by atoms with E-state index >= 15 is 0 Å². The maximum absolute atomic E-state index is 12.3. The highest BCUT2D eigenvalue weighted by Crippen LogP contribution is 2.30. The third-order valence-electron chi connectivity index (χ3n) is 5.64. The van der Waals surface area contributed by atoms with Crippen molar-refractivity contribution >= 4 is 10.1 Å². The zero-order chi connectivity index (χ0) is 32.5. The molecule has 0 radical (unpaired) electrons. The number of rotatable bonds is 9. The van der Waals surface area contributed by atoms with Gasteiger partial charge < -0.3 is 27.5 Å². The van der Waals surface area contributed by atoms with Crippen LogP contribution in [0.15, 0.2) is 108 Å². The predicted octanol–water partition coefficient (Wildman–Crippen LogP) is 7.73. The fraction of sp³-hybridized carbons (Fsp3) is 0.0968. The Morgan fingerprint density at radius 1 is 0.689 bits per heavy atom. The van der Waals surface area contributed by atoms with E-state index in [1.165, 1.54) is 12.1 Å². The van der Waals surface area contributed by atoms with E-state index in [0.717, 1.165) is 11.5 Å². The standard InChI is InChI=1S/C17H12F3NO6S.C14H11NO2/c1-24-12-6-8-14(9-7-12)26-13-4-2-11(3-5-13)16-21-15(10-25-16)27-28(22,23)17(18,19)20;1-16-12-6-8-14(9-7-12)17-13-4-2-11(10-15)3-5-13/h2-10H,1H3;2-9H,1H3. The number of nitriles is 1. The van der Waals surface area contributed by atoms with Crippen LogP contribution in [-0.4, -0.2) is 33.1 Å². The molecule has 45 heavy (non-hydrogen) atoms. The van der Waals surface area contributed by atoms with Crippen LogP contribution in [0.25, 0.3) is 11.5 Å². The molecule has 0 spiro atoms. The van der Waals surface area contributed by atoms with Gasteiger partial charge in [-0.25, -0.2) is 0 Å². The second-order valence-electron chi connectivity index (χ2n) is 8.69. The van der Waals surface area contributed by atoms with E-state index in [4.69, 9.17) is 28.6 Å². The minimum Gasteiger partial charge on any atom is -0.497 e. The van der Waals surface area contributed by atoms with Gasteiger partial charge in [-0.3, -0.25) is 0 Å². The van der Waals surface area contributed by atoms with E-state index in [1.54, 1.807) is 74.9 Å². The molecule has 0 unspecified atom stereocenters. The van der Waals surface area contributed by atoms with Gasteiger partial charge >= 0.3 is 15.6 Å². The lowest BCUT2D eigenvalue weighted by atomic mass is 10.2. The van der Waals surface area contributed by atoms with Crippen molar-refractivity contribution in [2.24, 2.45) is 0 Å². The summed E-state index contributed by atoms with van der Waals surface area (Å²) < 4.78 is 89.1. The second kappa shape index (κ2) is 14.2. The molecule has 232 valence electrons. The summed E-state index contributed by atoms with van der Waals surface area (Å²) >= 11 is 0. The van der Waals surface area contributed by atoms with Gasteiger partial charge in [-0.2, -0.15) is 31.8 Å². The number of methoxy groups -OCH3 is 2. The van der Waals surface area contributed by atoms with Crippen LogP contribution in [0.3, 0.4) is 0 Å². The lowest BCUT2D eigenvalue weighted by molar-refractivity contribution is -0.0501. The molecular formula is C31H23F3N2O8S. The molecule has 0 bridgehead atoms. The smallest absolute Gasteiger partial charge is 0.497 e. The van der Waals surface area contributed by atoms with E-state index in [1.807, 2.05) is 24.3 Å². The molecule has 1 aromatic heterocycles. The average Bonchev–Trinajstić information content (AvgIpc) is 3.50. The number of aromatic nitrogens is 1. The molecular weight excluding hydrogens is 617 g/mol. The molecule has 0 amide bonds. The van der Waals surface area contributed by atoms with Gasteiger partial charge in [0, 0.05) is 5.56 Å². The Morgan fingerprint density at radius 3 is 1.49 bits per heavy atom. The van der Waals surface area contributed by atoms with E-state index in [9.17, 15) is 21.6 Å². The Balaban J connectivity index is 0.000000231. The van der Waals surface area contributed by atoms with Crippen molar-refractivity contribution in [2.75, 3.05) is 14.2 Å². The van der Waals surface area contributed by atoms with E-state index < -0.39 is 21.5 Å². The quantitative estimate of drug-likeness (QED) is 0.117. The Hall–Kier alpha value is -5.68. The van der Waals surface area contributed by atoms with E-state index in [-0.39, 0.29) is 5.89 Å². The van der Waals surface area contributed by atoms with Crippen LogP contribution >= 0.6 is 0 Å². The van der Waals surface area contributed by atoms with Crippen LogP contribution in [0, 0.1) is 11.3 Å². The summed E-state index contributed by atoms with van der Waals surface area (Å²) in [6.07, 6.45) is 0.667. The van der Waals surface area contributed by atoms with E-state index in [2.05, 4.69) is 15.2 Å². The molecule has 10 nitrogen and oxygen atoms in total. The third-order valence-corrected chi connectivity index (χ3v) is 6.59. The highest BCUT2D eigenvalue weighted by Gasteiger charge is 2.49. The Kier molecular flexibility index (Phi) is 10.2. The first-order chi connectivity index (χ1) is 21.5. The normalized spacial score (nSPS) is 10.9. The minimum absolute atomic E-state index is 0.122. The first-order valence-electron chi connectivity index (χ1n) is 12.7. The topological polar surface area (TPSA) is 130 Å². The van der Waals surface area contributed by atoms with Crippen molar-refractivity contribution in [3.05, 3.63) is 109 Å². The second-order valence-corrected chi connectivity index (χ2v) is 10.2. The zero-order valence-electron chi connectivity index (χ0n) is 23.5. The monoisotopic (exact) mass is 640 g/mol. The molecule has 0 aliphatic carbocycles. The molecule has 0 saturated carbocycles. The predicted molar refractivity (Wildman–Crippen MR) is 155 cm³/mol. The van der Waals surface area contributed by atoms with Gasteiger partial charge in [0.15, 0.2) is 6.26 Å². The molecule has 0 fully saturated rings. The third kappa shape index (κ3) is 8.91. The van der Waals surface area contributed by atoms with Crippen LogP contribution in [0.4, 0.5) is 13.2 Å². The fourth-order valence-electron chi connectivity index (χ4n) is 3.41. The van der Waals surface area contributed by atoms with Crippen molar-refractivity contribution in [3.8, 4) is 57.9 Å². The largest absolute Gasteiger partial charge is 0.534 e. The summed E-state index contributed by atoms with van der Waals surface area (Å²) in [6.45, 7) is 0. The first kappa shape index (κ1) is 32.2. The molecule has 0 aliphatic rings. The number of halogens is 3. The number of hydrogen-bond donors (Lipinski definition) is 0. The molecule has 0 saturated heterocycles. The SMILES string of the molecule is COc1ccc(Oc2ccc(-c3nc(OS(=O)(=O)C(F)(F)F)co3)cc2)cc1.COc1ccc(Oc2ccc(C#N)cc2)cc1. The van der Waals surface area contributed by atoms with Gasteiger partial charge in [0.05, 0.1) is 25.9 Å². The highest BCUT2D eigenvalue weighted by molar-refractivity contribution is 7.87. The molecule has 14 heteroatoms. The number of ether oxygens (including phenoxy) is 4. The van der Waals surface area contributed by atoms with Gasteiger partial charge in [0.25, 0.3) is 5.88 Å². The zero-order valence-corrected chi connectivity index (χ0v) is 24.3. The van der Waals surface area contributed by atoms with Crippen LogP contribution in [0.1, 0.15) is 5.56 Å². The fourth-order valence-corrected chi connectivity index (χ4v) is 3.81. The number of nitrogens with zero attached hydrogens (tertiary/aromatic N) is 2. The number of alkyl halides is 3. The highest BCUT2D eigenvalue weighted by atomic mass is 32.2. The summed E-state index contributed by atoms with van der Waals surface area (Å²) in [7, 11) is -2.65. The molecule has 5 aromatic rings. The summed E-state index contributed by atoms with van der Waals surface area (Å²) in [4.78, 5) is 3.59. The van der Waals surface area contributed by atoms with Gasteiger partial charge in [0.2, 0.25) is 5.89 Å². The molecule has 5 rings (SSSR count). The Labute approximate surface area is 255 Å².